The summed E-state index contributed by atoms with van der Waals surface area (Å²) in [6.45, 7) is 0. The highest BCUT2D eigenvalue weighted by atomic mass is 16.3. The molecule has 0 aliphatic carbocycles. The lowest BCUT2D eigenvalue weighted by molar-refractivity contribution is 0.670. The van der Waals surface area contributed by atoms with Gasteiger partial charge in [0, 0.05) is 49.7 Å². The number of para-hydroxylation sites is 5. The second-order valence-electron chi connectivity index (χ2n) is 18.9. The highest BCUT2D eigenvalue weighted by Gasteiger charge is 2.18. The standard InChI is InChI=1S/C70H46N2O/c1-2-14-53-45-55(32-29-47(53)13-1)51-37-43-59(44-38-51)71(58-41-35-50(36-42-58)54-15-11-16-56(46-54)61-21-12-22-65-64-20-6-10-26-69(64)73-70(61)65)57-39-33-49(34-40-57)48-27-30-52(31-28-48)60-17-3-7-23-66(60)72-67-24-8-4-18-62(67)63-19-5-9-25-68(63)72/h1-46H. The van der Waals surface area contributed by atoms with Crippen LogP contribution in [-0.2, 0) is 0 Å². The Labute approximate surface area is 423 Å². The molecule has 0 amide bonds. The van der Waals surface area contributed by atoms with E-state index in [0.717, 1.165) is 66.8 Å². The summed E-state index contributed by atoms with van der Waals surface area (Å²) in [4.78, 5) is 2.35. The van der Waals surface area contributed by atoms with Crippen molar-refractivity contribution in [2.24, 2.45) is 0 Å². The van der Waals surface area contributed by atoms with Gasteiger partial charge in [-0.1, -0.05) is 206 Å². The lowest BCUT2D eigenvalue weighted by Gasteiger charge is -2.26. The summed E-state index contributed by atoms with van der Waals surface area (Å²) in [6, 6.07) is 101. The summed E-state index contributed by atoms with van der Waals surface area (Å²) < 4.78 is 8.85. The maximum atomic E-state index is 6.44. The van der Waals surface area contributed by atoms with E-state index >= 15 is 0 Å². The van der Waals surface area contributed by atoms with Gasteiger partial charge in [0.25, 0.3) is 0 Å². The molecule has 14 aromatic rings. The van der Waals surface area contributed by atoms with Crippen LogP contribution in [0.4, 0.5) is 17.1 Å². The van der Waals surface area contributed by atoms with Crippen molar-refractivity contribution in [3.63, 3.8) is 0 Å². The van der Waals surface area contributed by atoms with E-state index in [1.165, 1.54) is 66.1 Å². The van der Waals surface area contributed by atoms with Gasteiger partial charge in [0.1, 0.15) is 11.2 Å². The molecule has 0 unspecified atom stereocenters. The third kappa shape index (κ3) is 7.46. The zero-order chi connectivity index (χ0) is 48.2. The number of hydrogen-bond acceptors (Lipinski definition) is 2. The Hall–Kier alpha value is -9.70. The second kappa shape index (κ2) is 17.6. The molecule has 0 N–H and O–H groups in total. The van der Waals surface area contributed by atoms with Gasteiger partial charge in [-0.15, -0.1) is 0 Å². The SMILES string of the molecule is c1cc(-c2ccc(N(c3ccc(-c4ccc(-c5ccccc5-n5c6ccccc6c6ccccc65)cc4)cc3)c3ccc(-c4ccc5ccccc5c4)cc3)cc2)cc(-c2cccc3c2oc2ccccc23)c1. The third-order valence-electron chi connectivity index (χ3n) is 14.6. The average molecular weight is 931 g/mol. The normalized spacial score (nSPS) is 11.6. The summed E-state index contributed by atoms with van der Waals surface area (Å²) >= 11 is 0. The quantitative estimate of drug-likeness (QED) is 0.144. The van der Waals surface area contributed by atoms with Gasteiger partial charge in [0.05, 0.1) is 16.7 Å². The summed E-state index contributed by atoms with van der Waals surface area (Å²) in [5.41, 5.74) is 20.2. The topological polar surface area (TPSA) is 21.3 Å². The second-order valence-corrected chi connectivity index (χ2v) is 18.9. The molecule has 3 nitrogen and oxygen atoms in total. The molecule has 2 heterocycles. The zero-order valence-electron chi connectivity index (χ0n) is 39.9. The zero-order valence-corrected chi connectivity index (χ0v) is 39.9. The number of hydrogen-bond donors (Lipinski definition) is 0. The van der Waals surface area contributed by atoms with Crippen LogP contribution in [0.5, 0.6) is 0 Å². The van der Waals surface area contributed by atoms with Crippen LogP contribution in [0.3, 0.4) is 0 Å². The van der Waals surface area contributed by atoms with E-state index in [1.807, 2.05) is 12.1 Å². The van der Waals surface area contributed by atoms with Crippen molar-refractivity contribution in [2.75, 3.05) is 4.90 Å². The van der Waals surface area contributed by atoms with Crippen LogP contribution < -0.4 is 4.90 Å². The predicted molar refractivity (Wildman–Crippen MR) is 307 cm³/mol. The third-order valence-corrected chi connectivity index (χ3v) is 14.6. The maximum Gasteiger partial charge on any atom is 0.143 e. The van der Waals surface area contributed by atoms with Crippen molar-refractivity contribution in [1.29, 1.82) is 0 Å². The van der Waals surface area contributed by atoms with Gasteiger partial charge < -0.3 is 13.9 Å². The van der Waals surface area contributed by atoms with Gasteiger partial charge in [0.2, 0.25) is 0 Å². The number of anilines is 3. The molecule has 12 aromatic carbocycles. The van der Waals surface area contributed by atoms with E-state index in [-0.39, 0.29) is 0 Å². The molecule has 73 heavy (non-hydrogen) atoms. The fraction of sp³-hybridized carbons (Fsp3) is 0. The molecule has 0 atom stereocenters. The number of fused-ring (bicyclic) bond motifs is 7. The van der Waals surface area contributed by atoms with E-state index in [0.29, 0.717) is 0 Å². The Balaban J connectivity index is 0.794. The lowest BCUT2D eigenvalue weighted by atomic mass is 9.97. The first-order chi connectivity index (χ1) is 36.2. The Bertz CT molecular complexity index is 4300. The Morgan fingerprint density at radius 2 is 0.726 bits per heavy atom. The summed E-state index contributed by atoms with van der Waals surface area (Å²) in [5.74, 6) is 0. The van der Waals surface area contributed by atoms with Crippen LogP contribution >= 0.6 is 0 Å². The monoisotopic (exact) mass is 930 g/mol. The highest BCUT2D eigenvalue weighted by molar-refractivity contribution is 6.11. The molecule has 0 aliphatic rings. The van der Waals surface area contributed by atoms with Crippen LogP contribution in [0.15, 0.2) is 283 Å². The first-order valence-electron chi connectivity index (χ1n) is 25.0. The van der Waals surface area contributed by atoms with Gasteiger partial charge in [-0.3, -0.25) is 0 Å². The molecule has 342 valence electrons. The van der Waals surface area contributed by atoms with Gasteiger partial charge >= 0.3 is 0 Å². The van der Waals surface area contributed by atoms with E-state index < -0.39 is 0 Å². The van der Waals surface area contributed by atoms with Crippen molar-refractivity contribution >= 4 is 71.6 Å². The van der Waals surface area contributed by atoms with Crippen LogP contribution in [0.1, 0.15) is 0 Å². The fourth-order valence-corrected chi connectivity index (χ4v) is 11.0. The Morgan fingerprint density at radius 1 is 0.274 bits per heavy atom. The van der Waals surface area contributed by atoms with Crippen molar-refractivity contribution in [1.82, 2.24) is 4.57 Å². The molecule has 2 aromatic heterocycles. The van der Waals surface area contributed by atoms with Crippen LogP contribution in [0.25, 0.3) is 116 Å². The molecular formula is C70H46N2O. The molecule has 0 radical (unpaired) electrons. The number of nitrogens with zero attached hydrogens (tertiary/aromatic N) is 2. The molecule has 0 saturated carbocycles. The highest BCUT2D eigenvalue weighted by Crippen LogP contribution is 2.41. The maximum absolute atomic E-state index is 6.44. The van der Waals surface area contributed by atoms with Crippen molar-refractivity contribution in [3.8, 4) is 61.3 Å². The van der Waals surface area contributed by atoms with Crippen LogP contribution in [0, 0.1) is 0 Å². The molecule has 14 rings (SSSR count). The van der Waals surface area contributed by atoms with E-state index in [1.54, 1.807) is 0 Å². The van der Waals surface area contributed by atoms with Gasteiger partial charge in [-0.25, -0.2) is 0 Å². The van der Waals surface area contributed by atoms with E-state index in [4.69, 9.17) is 4.42 Å². The Morgan fingerprint density at radius 3 is 1.40 bits per heavy atom. The molecular weight excluding hydrogens is 885 g/mol. The minimum absolute atomic E-state index is 0.905. The molecule has 0 fully saturated rings. The average Bonchev–Trinajstić information content (AvgIpc) is 4.02. The molecule has 0 saturated heterocycles. The van der Waals surface area contributed by atoms with Crippen molar-refractivity contribution < 1.29 is 4.42 Å². The summed E-state index contributed by atoms with van der Waals surface area (Å²) in [7, 11) is 0. The number of aromatic nitrogens is 1. The minimum atomic E-state index is 0.905. The predicted octanol–water partition coefficient (Wildman–Crippen LogP) is 19.6. The minimum Gasteiger partial charge on any atom is -0.455 e. The first kappa shape index (κ1) is 42.2. The summed E-state index contributed by atoms with van der Waals surface area (Å²) in [5, 5.41) is 7.27. The largest absolute Gasteiger partial charge is 0.455 e. The molecule has 0 bridgehead atoms. The van der Waals surface area contributed by atoms with Gasteiger partial charge in [-0.2, -0.15) is 0 Å². The number of furan rings is 1. The molecule has 0 aliphatic heterocycles. The Kier molecular flexibility index (Phi) is 10.2. The van der Waals surface area contributed by atoms with Gasteiger partial charge in [0.15, 0.2) is 0 Å². The van der Waals surface area contributed by atoms with Crippen LogP contribution in [-0.4, -0.2) is 4.57 Å². The molecule has 3 heteroatoms. The van der Waals surface area contributed by atoms with Gasteiger partial charge in [-0.05, 0) is 128 Å². The number of rotatable bonds is 9. The smallest absolute Gasteiger partial charge is 0.143 e. The molecule has 0 spiro atoms. The van der Waals surface area contributed by atoms with Crippen LogP contribution in [0.2, 0.25) is 0 Å². The first-order valence-corrected chi connectivity index (χ1v) is 25.0. The summed E-state index contributed by atoms with van der Waals surface area (Å²) in [6.07, 6.45) is 0. The fourth-order valence-electron chi connectivity index (χ4n) is 11.0. The van der Waals surface area contributed by atoms with E-state index in [2.05, 4.69) is 276 Å². The number of benzene rings is 12. The lowest BCUT2D eigenvalue weighted by Crippen LogP contribution is -2.09. The van der Waals surface area contributed by atoms with Crippen molar-refractivity contribution in [2.45, 2.75) is 0 Å². The van der Waals surface area contributed by atoms with Crippen molar-refractivity contribution in [3.05, 3.63) is 279 Å². The van der Waals surface area contributed by atoms with E-state index in [9.17, 15) is 0 Å².